The molecule has 0 saturated heterocycles. The summed E-state index contributed by atoms with van der Waals surface area (Å²) in [6.45, 7) is -0.729. The van der Waals surface area contributed by atoms with Crippen LogP contribution in [0.2, 0.25) is 0 Å². The summed E-state index contributed by atoms with van der Waals surface area (Å²) in [7, 11) is -4.17. The zero-order valence-corrected chi connectivity index (χ0v) is 13.9. The normalized spacial score (nSPS) is 12.6. The number of nitrogens with one attached hydrogen (secondary N) is 1. The third-order valence-electron chi connectivity index (χ3n) is 3.49. The van der Waals surface area contributed by atoms with Gasteiger partial charge in [-0.1, -0.05) is 12.1 Å². The van der Waals surface area contributed by atoms with Gasteiger partial charge >= 0.3 is 0 Å². The minimum Gasteiger partial charge on any atom is -0.396 e. The number of pyridine rings is 1. The number of carbonyl (C=O) groups excluding carboxylic acids is 1. The average molecular weight is 368 g/mol. The summed E-state index contributed by atoms with van der Waals surface area (Å²) < 4.78 is 40.0. The Morgan fingerprint density at radius 2 is 1.84 bits per heavy atom. The Kier molecular flexibility index (Phi) is 6.18. The minimum atomic E-state index is -4.17. The Hall–Kier alpha value is -2.36. The SMILES string of the molecule is O=C(NS(=O)(=O)C(CCO)c1ccc(F)cc1)c1ccc(CO)nc1. The molecule has 0 spiro atoms. The van der Waals surface area contributed by atoms with Crippen LogP contribution in [0, 0.1) is 5.82 Å². The van der Waals surface area contributed by atoms with Gasteiger partial charge in [0.1, 0.15) is 11.1 Å². The van der Waals surface area contributed by atoms with E-state index < -0.39 is 33.6 Å². The predicted molar refractivity (Wildman–Crippen MR) is 87.4 cm³/mol. The quantitative estimate of drug-likeness (QED) is 0.668. The number of nitrogens with zero attached hydrogens (tertiary/aromatic N) is 1. The Labute approximate surface area is 144 Å². The number of hydrogen-bond acceptors (Lipinski definition) is 6. The Morgan fingerprint density at radius 3 is 2.36 bits per heavy atom. The Morgan fingerprint density at radius 1 is 1.16 bits per heavy atom. The standard InChI is InChI=1S/C16H17FN2O5S/c17-13-4-1-11(2-5-13)15(7-8-20)25(23,24)19-16(22)12-3-6-14(10-21)18-9-12/h1-6,9,15,20-21H,7-8,10H2,(H,19,22). The van der Waals surface area contributed by atoms with Gasteiger partial charge in [0.05, 0.1) is 17.9 Å². The molecule has 1 aromatic heterocycles. The van der Waals surface area contributed by atoms with Gasteiger partial charge in [0.2, 0.25) is 10.0 Å². The van der Waals surface area contributed by atoms with Crippen LogP contribution in [0.4, 0.5) is 4.39 Å². The largest absolute Gasteiger partial charge is 0.396 e. The average Bonchev–Trinajstić information content (AvgIpc) is 2.60. The second kappa shape index (κ2) is 8.15. The number of rotatable bonds is 7. The molecule has 2 rings (SSSR count). The van der Waals surface area contributed by atoms with Crippen LogP contribution < -0.4 is 4.72 Å². The van der Waals surface area contributed by atoms with E-state index in [9.17, 15) is 17.6 Å². The molecule has 0 aliphatic rings. The number of amides is 1. The van der Waals surface area contributed by atoms with Crippen LogP contribution in [-0.4, -0.2) is 36.1 Å². The zero-order valence-electron chi connectivity index (χ0n) is 13.1. The molecule has 0 radical (unpaired) electrons. The molecule has 0 aliphatic heterocycles. The topological polar surface area (TPSA) is 117 Å². The molecule has 9 heteroatoms. The number of sulfonamides is 1. The first-order valence-corrected chi connectivity index (χ1v) is 8.90. The van der Waals surface area contributed by atoms with Gasteiger partial charge in [-0.15, -0.1) is 0 Å². The van der Waals surface area contributed by atoms with Crippen LogP contribution in [0.25, 0.3) is 0 Å². The van der Waals surface area contributed by atoms with Crippen molar-refractivity contribution in [1.29, 1.82) is 0 Å². The molecule has 0 fully saturated rings. The van der Waals surface area contributed by atoms with E-state index in [0.29, 0.717) is 5.69 Å². The Bertz CT molecular complexity index is 823. The fraction of sp³-hybridized carbons (Fsp3) is 0.250. The van der Waals surface area contributed by atoms with Gasteiger partial charge in [0.15, 0.2) is 0 Å². The summed E-state index contributed by atoms with van der Waals surface area (Å²) in [6.07, 6.45) is 0.991. The van der Waals surface area contributed by atoms with E-state index in [1.54, 1.807) is 0 Å². The zero-order chi connectivity index (χ0) is 18.4. The minimum absolute atomic E-state index is 0.00243. The van der Waals surface area contributed by atoms with E-state index in [0.717, 1.165) is 18.3 Å². The van der Waals surface area contributed by atoms with Crippen LogP contribution in [-0.2, 0) is 16.6 Å². The highest BCUT2D eigenvalue weighted by Crippen LogP contribution is 2.25. The van der Waals surface area contributed by atoms with E-state index in [-0.39, 0.29) is 24.2 Å². The van der Waals surface area contributed by atoms with Gasteiger partial charge in [-0.25, -0.2) is 17.5 Å². The maximum atomic E-state index is 13.0. The molecule has 0 bridgehead atoms. The van der Waals surface area contributed by atoms with Crippen molar-refractivity contribution < 1.29 is 27.8 Å². The summed E-state index contributed by atoms with van der Waals surface area (Å²) in [5, 5.41) is 16.8. The highest BCUT2D eigenvalue weighted by molar-refractivity contribution is 7.90. The molecular weight excluding hydrogens is 351 g/mol. The van der Waals surface area contributed by atoms with Crippen LogP contribution in [0.5, 0.6) is 0 Å². The van der Waals surface area contributed by atoms with E-state index >= 15 is 0 Å². The van der Waals surface area contributed by atoms with Crippen molar-refractivity contribution in [2.24, 2.45) is 0 Å². The third-order valence-corrected chi connectivity index (χ3v) is 5.22. The second-order valence-corrected chi connectivity index (χ2v) is 7.09. The van der Waals surface area contributed by atoms with Crippen molar-refractivity contribution in [2.75, 3.05) is 6.61 Å². The first-order chi connectivity index (χ1) is 11.9. The van der Waals surface area contributed by atoms with Crippen molar-refractivity contribution in [3.8, 4) is 0 Å². The number of halogens is 1. The molecule has 1 atom stereocenters. The lowest BCUT2D eigenvalue weighted by Crippen LogP contribution is -2.35. The summed E-state index contributed by atoms with van der Waals surface area (Å²) >= 11 is 0. The van der Waals surface area contributed by atoms with Gasteiger partial charge in [-0.05, 0) is 36.2 Å². The lowest BCUT2D eigenvalue weighted by atomic mass is 10.1. The van der Waals surface area contributed by atoms with E-state index in [4.69, 9.17) is 10.2 Å². The molecule has 7 nitrogen and oxygen atoms in total. The van der Waals surface area contributed by atoms with Gasteiger partial charge < -0.3 is 10.2 Å². The van der Waals surface area contributed by atoms with Crippen molar-refractivity contribution in [2.45, 2.75) is 18.3 Å². The van der Waals surface area contributed by atoms with Crippen molar-refractivity contribution in [3.63, 3.8) is 0 Å². The number of aliphatic hydroxyl groups is 2. The molecule has 0 aliphatic carbocycles. The number of hydrogen-bond donors (Lipinski definition) is 3. The molecule has 1 amide bonds. The van der Waals surface area contributed by atoms with Gasteiger partial charge in [0.25, 0.3) is 5.91 Å². The molecule has 1 unspecified atom stereocenters. The molecule has 25 heavy (non-hydrogen) atoms. The van der Waals surface area contributed by atoms with E-state index in [1.165, 1.54) is 24.3 Å². The number of benzene rings is 1. The maximum Gasteiger partial charge on any atom is 0.266 e. The smallest absolute Gasteiger partial charge is 0.266 e. The summed E-state index contributed by atoms with van der Waals surface area (Å²) in [4.78, 5) is 15.9. The molecule has 2 aromatic rings. The molecule has 3 N–H and O–H groups in total. The third kappa shape index (κ3) is 4.81. The number of aliphatic hydroxyl groups excluding tert-OH is 2. The van der Waals surface area contributed by atoms with Gasteiger partial charge in [-0.2, -0.15) is 0 Å². The first-order valence-electron chi connectivity index (χ1n) is 7.35. The summed E-state index contributed by atoms with van der Waals surface area (Å²) in [6, 6.07) is 7.52. The fourth-order valence-electron chi connectivity index (χ4n) is 2.21. The summed E-state index contributed by atoms with van der Waals surface area (Å²) in [5.74, 6) is -1.41. The van der Waals surface area contributed by atoms with E-state index in [2.05, 4.69) is 4.98 Å². The molecule has 1 heterocycles. The molecular formula is C16H17FN2O5S. The number of carbonyl (C=O) groups is 1. The van der Waals surface area contributed by atoms with Gasteiger partial charge in [0, 0.05) is 12.8 Å². The van der Waals surface area contributed by atoms with Crippen molar-refractivity contribution in [1.82, 2.24) is 9.71 Å². The predicted octanol–water partition coefficient (Wildman–Crippen LogP) is 0.896. The molecule has 0 saturated carbocycles. The molecule has 134 valence electrons. The maximum absolute atomic E-state index is 13.0. The van der Waals surface area contributed by atoms with Crippen molar-refractivity contribution >= 4 is 15.9 Å². The highest BCUT2D eigenvalue weighted by Gasteiger charge is 2.29. The molecule has 1 aromatic carbocycles. The number of aromatic nitrogens is 1. The monoisotopic (exact) mass is 368 g/mol. The first kappa shape index (κ1) is 19.0. The lowest BCUT2D eigenvalue weighted by molar-refractivity contribution is 0.0980. The van der Waals surface area contributed by atoms with Crippen LogP contribution in [0.1, 0.15) is 33.3 Å². The lowest BCUT2D eigenvalue weighted by Gasteiger charge is -2.18. The van der Waals surface area contributed by atoms with Crippen molar-refractivity contribution in [3.05, 3.63) is 65.2 Å². The summed E-state index contributed by atoms with van der Waals surface area (Å²) in [5.41, 5.74) is 0.594. The van der Waals surface area contributed by atoms with Crippen LogP contribution in [0.3, 0.4) is 0 Å². The van der Waals surface area contributed by atoms with Gasteiger partial charge in [-0.3, -0.25) is 9.78 Å². The second-order valence-electron chi connectivity index (χ2n) is 5.22. The Balaban J connectivity index is 2.23. The van der Waals surface area contributed by atoms with Crippen LogP contribution >= 0.6 is 0 Å². The fourth-order valence-corrected chi connectivity index (χ4v) is 3.66. The van der Waals surface area contributed by atoms with Crippen LogP contribution in [0.15, 0.2) is 42.6 Å². The highest BCUT2D eigenvalue weighted by atomic mass is 32.2. The van der Waals surface area contributed by atoms with E-state index in [1.807, 2.05) is 4.72 Å².